The molecule has 0 aromatic rings. The highest BCUT2D eigenvalue weighted by Crippen LogP contribution is 2.14. The first kappa shape index (κ1) is 17.7. The lowest BCUT2D eigenvalue weighted by Gasteiger charge is -2.35. The first-order valence-electron chi connectivity index (χ1n) is 6.41. The van der Waals surface area contributed by atoms with Crippen LogP contribution in [0.4, 0.5) is 4.79 Å². The van der Waals surface area contributed by atoms with Crippen molar-refractivity contribution in [1.82, 2.24) is 10.2 Å². The lowest BCUT2D eigenvalue weighted by Crippen LogP contribution is -2.54. The van der Waals surface area contributed by atoms with E-state index in [1.165, 1.54) is 4.90 Å². The molecule has 6 heteroatoms. The molecular weight excluding hydrogens is 248 g/mol. The van der Waals surface area contributed by atoms with Crippen LogP contribution in [0.3, 0.4) is 0 Å². The van der Waals surface area contributed by atoms with E-state index in [1.807, 2.05) is 20.8 Å². The van der Waals surface area contributed by atoms with E-state index in [4.69, 9.17) is 9.84 Å². The molecule has 112 valence electrons. The van der Waals surface area contributed by atoms with Crippen LogP contribution in [0, 0.1) is 0 Å². The number of hydrogen-bond donors (Lipinski definition) is 2. The Labute approximate surface area is 115 Å². The highest BCUT2D eigenvalue weighted by atomic mass is 16.5. The SMILES string of the molecule is CCOC(C)(C)CNC(=O)N(CC(=O)O)C(C)(C)C. The zero-order valence-corrected chi connectivity index (χ0v) is 12.7. The lowest BCUT2D eigenvalue weighted by molar-refractivity contribution is -0.138. The second-order valence-electron chi connectivity index (χ2n) is 6.00. The molecule has 0 fully saturated rings. The van der Waals surface area contributed by atoms with Crippen molar-refractivity contribution in [3.05, 3.63) is 0 Å². The lowest BCUT2D eigenvalue weighted by atomic mass is 10.1. The molecule has 0 rings (SSSR count). The van der Waals surface area contributed by atoms with Gasteiger partial charge in [-0.15, -0.1) is 0 Å². The fourth-order valence-corrected chi connectivity index (χ4v) is 1.57. The first-order valence-corrected chi connectivity index (χ1v) is 6.41. The van der Waals surface area contributed by atoms with Gasteiger partial charge in [-0.3, -0.25) is 4.79 Å². The summed E-state index contributed by atoms with van der Waals surface area (Å²) in [5, 5.41) is 11.6. The summed E-state index contributed by atoms with van der Waals surface area (Å²) in [6.07, 6.45) is 0. The van der Waals surface area contributed by atoms with Crippen molar-refractivity contribution < 1.29 is 19.4 Å². The molecule has 0 saturated heterocycles. The van der Waals surface area contributed by atoms with Crippen molar-refractivity contribution in [1.29, 1.82) is 0 Å². The van der Waals surface area contributed by atoms with E-state index >= 15 is 0 Å². The van der Waals surface area contributed by atoms with Gasteiger partial charge in [0, 0.05) is 18.7 Å². The number of amides is 2. The quantitative estimate of drug-likeness (QED) is 0.772. The maximum atomic E-state index is 12.1. The van der Waals surface area contributed by atoms with E-state index in [9.17, 15) is 9.59 Å². The highest BCUT2D eigenvalue weighted by molar-refractivity contribution is 5.80. The Morgan fingerprint density at radius 1 is 1.21 bits per heavy atom. The molecule has 0 atom stereocenters. The van der Waals surface area contributed by atoms with E-state index in [0.717, 1.165) is 0 Å². The number of hydrogen-bond acceptors (Lipinski definition) is 3. The van der Waals surface area contributed by atoms with Gasteiger partial charge in [-0.1, -0.05) is 0 Å². The summed E-state index contributed by atoms with van der Waals surface area (Å²) in [5.41, 5.74) is -1.03. The van der Waals surface area contributed by atoms with E-state index in [-0.39, 0.29) is 6.54 Å². The monoisotopic (exact) mass is 274 g/mol. The molecular formula is C13H26N2O4. The van der Waals surface area contributed by atoms with Crippen molar-refractivity contribution in [2.24, 2.45) is 0 Å². The standard InChI is InChI=1S/C13H26N2O4/c1-7-19-13(5,6)9-14-11(18)15(8-10(16)17)12(2,3)4/h7-9H2,1-6H3,(H,14,18)(H,16,17). The number of aliphatic carboxylic acids is 1. The summed E-state index contributed by atoms with van der Waals surface area (Å²) < 4.78 is 5.48. The van der Waals surface area contributed by atoms with Crippen LogP contribution < -0.4 is 5.32 Å². The summed E-state index contributed by atoms with van der Waals surface area (Å²) >= 11 is 0. The Morgan fingerprint density at radius 2 is 1.74 bits per heavy atom. The fourth-order valence-electron chi connectivity index (χ4n) is 1.57. The zero-order valence-electron chi connectivity index (χ0n) is 12.7. The minimum absolute atomic E-state index is 0.325. The predicted octanol–water partition coefficient (Wildman–Crippen LogP) is 1.70. The topological polar surface area (TPSA) is 78.9 Å². The summed E-state index contributed by atoms with van der Waals surface area (Å²) in [7, 11) is 0. The molecule has 0 aliphatic heterocycles. The number of nitrogens with one attached hydrogen (secondary N) is 1. The molecule has 0 radical (unpaired) electrons. The second-order valence-corrected chi connectivity index (χ2v) is 6.00. The van der Waals surface area contributed by atoms with E-state index in [2.05, 4.69) is 5.32 Å². The molecule has 0 spiro atoms. The molecule has 0 unspecified atom stereocenters. The average molecular weight is 274 g/mol. The van der Waals surface area contributed by atoms with Crippen LogP contribution in [0.5, 0.6) is 0 Å². The molecule has 6 nitrogen and oxygen atoms in total. The third-order valence-corrected chi connectivity index (χ3v) is 2.55. The first-order chi connectivity index (χ1) is 8.49. The number of carboxylic acids is 1. The second kappa shape index (κ2) is 6.75. The number of urea groups is 1. The van der Waals surface area contributed by atoms with Gasteiger partial charge in [0.1, 0.15) is 6.54 Å². The fraction of sp³-hybridized carbons (Fsp3) is 0.846. The van der Waals surface area contributed by atoms with Gasteiger partial charge in [-0.25, -0.2) is 4.79 Å². The minimum atomic E-state index is -1.03. The molecule has 0 aromatic carbocycles. The van der Waals surface area contributed by atoms with Crippen molar-refractivity contribution >= 4 is 12.0 Å². The van der Waals surface area contributed by atoms with Crippen molar-refractivity contribution in [2.45, 2.75) is 52.7 Å². The smallest absolute Gasteiger partial charge is 0.323 e. The Kier molecular flexibility index (Phi) is 6.29. The van der Waals surface area contributed by atoms with Crippen molar-refractivity contribution in [3.8, 4) is 0 Å². The van der Waals surface area contributed by atoms with Crippen LogP contribution in [0.1, 0.15) is 41.5 Å². The summed E-state index contributed by atoms with van der Waals surface area (Å²) in [6, 6.07) is -0.400. The Morgan fingerprint density at radius 3 is 2.11 bits per heavy atom. The third kappa shape index (κ3) is 7.00. The van der Waals surface area contributed by atoms with Gasteiger partial charge in [0.05, 0.1) is 5.60 Å². The van der Waals surface area contributed by atoms with Gasteiger partial charge in [0.2, 0.25) is 0 Å². The molecule has 0 bridgehead atoms. The average Bonchev–Trinajstić information content (AvgIpc) is 2.21. The summed E-state index contributed by atoms with van der Waals surface area (Å²) in [5.74, 6) is -1.03. The van der Waals surface area contributed by atoms with Crippen LogP contribution in [-0.2, 0) is 9.53 Å². The highest BCUT2D eigenvalue weighted by Gasteiger charge is 2.29. The van der Waals surface area contributed by atoms with Crippen LogP contribution in [0.15, 0.2) is 0 Å². The number of carbonyl (C=O) groups excluding carboxylic acids is 1. The van der Waals surface area contributed by atoms with Gasteiger partial charge in [0.25, 0.3) is 0 Å². The van der Waals surface area contributed by atoms with Gasteiger partial charge in [-0.2, -0.15) is 0 Å². The van der Waals surface area contributed by atoms with E-state index in [0.29, 0.717) is 13.2 Å². The van der Waals surface area contributed by atoms with Crippen molar-refractivity contribution in [2.75, 3.05) is 19.7 Å². The molecule has 0 aromatic heterocycles. The van der Waals surface area contributed by atoms with Gasteiger partial charge in [-0.05, 0) is 41.5 Å². The number of nitrogens with zero attached hydrogens (tertiary/aromatic N) is 1. The molecule has 0 heterocycles. The largest absolute Gasteiger partial charge is 0.480 e. The van der Waals surface area contributed by atoms with Gasteiger partial charge >= 0.3 is 12.0 Å². The third-order valence-electron chi connectivity index (χ3n) is 2.55. The molecule has 2 amide bonds. The zero-order chi connectivity index (χ0) is 15.3. The summed E-state index contributed by atoms with van der Waals surface area (Å²) in [6.45, 7) is 11.6. The maximum Gasteiger partial charge on any atom is 0.323 e. The number of ether oxygens (including phenoxy) is 1. The number of carboxylic acid groups (broad SMARTS) is 1. The minimum Gasteiger partial charge on any atom is -0.480 e. The van der Waals surface area contributed by atoms with E-state index < -0.39 is 23.1 Å². The predicted molar refractivity (Wildman–Crippen MR) is 73.2 cm³/mol. The number of carbonyl (C=O) groups is 2. The Balaban J connectivity index is 4.62. The molecule has 0 aliphatic carbocycles. The molecule has 0 aliphatic rings. The van der Waals surface area contributed by atoms with Crippen LogP contribution in [0.2, 0.25) is 0 Å². The van der Waals surface area contributed by atoms with E-state index in [1.54, 1.807) is 20.8 Å². The molecule has 0 saturated carbocycles. The van der Waals surface area contributed by atoms with Gasteiger partial charge in [0.15, 0.2) is 0 Å². The number of rotatable bonds is 6. The molecule has 2 N–H and O–H groups in total. The molecule has 19 heavy (non-hydrogen) atoms. The Hall–Kier alpha value is -1.30. The van der Waals surface area contributed by atoms with Crippen LogP contribution in [0.25, 0.3) is 0 Å². The normalized spacial score (nSPS) is 12.1. The van der Waals surface area contributed by atoms with Crippen LogP contribution in [-0.4, -0.2) is 52.8 Å². The Bertz CT molecular complexity index is 321. The van der Waals surface area contributed by atoms with Crippen molar-refractivity contribution in [3.63, 3.8) is 0 Å². The van der Waals surface area contributed by atoms with Gasteiger partial charge < -0.3 is 20.1 Å². The van der Waals surface area contributed by atoms with Crippen LogP contribution >= 0.6 is 0 Å². The maximum absolute atomic E-state index is 12.1. The summed E-state index contributed by atoms with van der Waals surface area (Å²) in [4.78, 5) is 24.2.